The molecule has 1 fully saturated rings. The first-order chi connectivity index (χ1) is 14.9. The number of amides is 1. The monoisotopic (exact) mass is 468 g/mol. The SMILES string of the molecule is CC(C)(O)c1cc2nc(C3CCCCC3)sc2cc1NC(=O)/C(N)=C/C=C(\N)C(F)(F)F. The van der Waals surface area contributed by atoms with Crippen LogP contribution in [0.1, 0.15) is 62.4 Å². The highest BCUT2D eigenvalue weighted by atomic mass is 32.1. The minimum absolute atomic E-state index is 0.318. The highest BCUT2D eigenvalue weighted by Gasteiger charge is 2.31. The Kier molecular flexibility index (Phi) is 6.85. The van der Waals surface area contributed by atoms with Gasteiger partial charge in [0.25, 0.3) is 5.91 Å². The molecule has 174 valence electrons. The largest absolute Gasteiger partial charge is 0.430 e. The highest BCUT2D eigenvalue weighted by Crippen LogP contribution is 2.39. The molecule has 10 heteroatoms. The molecule has 2 aromatic rings. The van der Waals surface area contributed by atoms with E-state index in [9.17, 15) is 23.1 Å². The fraction of sp³-hybridized carbons (Fsp3) is 0.455. The summed E-state index contributed by atoms with van der Waals surface area (Å²) in [4.78, 5) is 17.3. The van der Waals surface area contributed by atoms with Crippen molar-refractivity contribution in [1.29, 1.82) is 0 Å². The Morgan fingerprint density at radius 1 is 1.19 bits per heavy atom. The van der Waals surface area contributed by atoms with Gasteiger partial charge in [0.15, 0.2) is 0 Å². The Hall–Kier alpha value is -2.59. The van der Waals surface area contributed by atoms with Crippen LogP contribution >= 0.6 is 11.3 Å². The van der Waals surface area contributed by atoms with Gasteiger partial charge in [0.2, 0.25) is 0 Å². The number of alkyl halides is 3. The van der Waals surface area contributed by atoms with Gasteiger partial charge in [0, 0.05) is 17.2 Å². The summed E-state index contributed by atoms with van der Waals surface area (Å²) in [6.07, 6.45) is 2.40. The number of carbonyl (C=O) groups excluding carboxylic acids is 1. The van der Waals surface area contributed by atoms with Crippen molar-refractivity contribution in [2.45, 2.75) is 63.6 Å². The van der Waals surface area contributed by atoms with Crippen molar-refractivity contribution in [1.82, 2.24) is 4.98 Å². The zero-order chi connectivity index (χ0) is 23.7. The lowest BCUT2D eigenvalue weighted by atomic mass is 9.90. The van der Waals surface area contributed by atoms with Gasteiger partial charge in [-0.05, 0) is 51.0 Å². The number of aliphatic hydroxyl groups is 1. The number of halogens is 3. The minimum Gasteiger partial charge on any atom is -0.395 e. The van der Waals surface area contributed by atoms with E-state index >= 15 is 0 Å². The maximum atomic E-state index is 12.5. The molecule has 1 aliphatic carbocycles. The molecule has 0 bridgehead atoms. The molecule has 1 heterocycles. The van der Waals surface area contributed by atoms with Crippen LogP contribution in [0.3, 0.4) is 0 Å². The van der Waals surface area contributed by atoms with E-state index in [1.807, 2.05) is 0 Å². The summed E-state index contributed by atoms with van der Waals surface area (Å²) in [6.45, 7) is 3.15. The van der Waals surface area contributed by atoms with Crippen molar-refractivity contribution in [2.24, 2.45) is 11.5 Å². The molecule has 1 aliphatic rings. The van der Waals surface area contributed by atoms with Crippen molar-refractivity contribution in [3.8, 4) is 0 Å². The van der Waals surface area contributed by atoms with E-state index in [4.69, 9.17) is 16.5 Å². The average molecular weight is 469 g/mol. The number of nitrogens with two attached hydrogens (primary N) is 2. The van der Waals surface area contributed by atoms with E-state index < -0.39 is 29.1 Å². The van der Waals surface area contributed by atoms with Gasteiger partial charge in [0.1, 0.15) is 5.70 Å². The molecule has 3 rings (SSSR count). The topological polar surface area (TPSA) is 114 Å². The summed E-state index contributed by atoms with van der Waals surface area (Å²) in [5, 5.41) is 14.3. The van der Waals surface area contributed by atoms with Crippen LogP contribution in [0.2, 0.25) is 0 Å². The second kappa shape index (κ2) is 9.11. The smallest absolute Gasteiger partial charge is 0.395 e. The van der Waals surface area contributed by atoms with Crippen LogP contribution < -0.4 is 16.8 Å². The fourth-order valence-corrected chi connectivity index (χ4v) is 4.83. The predicted octanol–water partition coefficient (Wildman–Crippen LogP) is 4.76. The second-order valence-electron chi connectivity index (χ2n) is 8.51. The van der Waals surface area contributed by atoms with Crippen molar-refractivity contribution in [3.63, 3.8) is 0 Å². The Morgan fingerprint density at radius 3 is 2.44 bits per heavy atom. The Bertz CT molecular complexity index is 1060. The normalized spacial score (nSPS) is 17.1. The molecule has 0 unspecified atom stereocenters. The van der Waals surface area contributed by atoms with Crippen LogP contribution in [0.25, 0.3) is 10.2 Å². The summed E-state index contributed by atoms with van der Waals surface area (Å²) >= 11 is 1.55. The lowest BCUT2D eigenvalue weighted by Crippen LogP contribution is -2.24. The number of aromatic nitrogens is 1. The molecular formula is C22H27F3N4O2S. The number of carbonyl (C=O) groups is 1. The van der Waals surface area contributed by atoms with Gasteiger partial charge in [-0.2, -0.15) is 13.2 Å². The molecule has 0 spiro atoms. The van der Waals surface area contributed by atoms with Crippen LogP contribution in [0.15, 0.2) is 35.7 Å². The summed E-state index contributed by atoms with van der Waals surface area (Å²) in [7, 11) is 0. The van der Waals surface area contributed by atoms with E-state index in [1.165, 1.54) is 19.3 Å². The van der Waals surface area contributed by atoms with Gasteiger partial charge in [-0.15, -0.1) is 11.3 Å². The summed E-state index contributed by atoms with van der Waals surface area (Å²) in [5.41, 5.74) is 8.92. The predicted molar refractivity (Wildman–Crippen MR) is 120 cm³/mol. The zero-order valence-corrected chi connectivity index (χ0v) is 18.7. The van der Waals surface area contributed by atoms with Gasteiger partial charge >= 0.3 is 6.18 Å². The summed E-state index contributed by atoms with van der Waals surface area (Å²) < 4.78 is 38.4. The molecular weight excluding hydrogens is 441 g/mol. The number of hydrogen-bond acceptors (Lipinski definition) is 6. The number of hydrogen-bond donors (Lipinski definition) is 4. The third kappa shape index (κ3) is 5.60. The Labute approximate surface area is 188 Å². The summed E-state index contributed by atoms with van der Waals surface area (Å²) in [6, 6.07) is 3.45. The third-order valence-electron chi connectivity index (χ3n) is 5.44. The second-order valence-corrected chi connectivity index (χ2v) is 9.57. The number of nitrogens with zero attached hydrogens (tertiary/aromatic N) is 1. The molecule has 0 saturated heterocycles. The van der Waals surface area contributed by atoms with Crippen molar-refractivity contribution < 1.29 is 23.1 Å². The standard InChI is InChI=1S/C22H27F3N4O2S/c1-21(2,31)13-10-16-17(32-20(29-16)12-6-4-3-5-7-12)11-15(13)28-19(30)14(26)8-9-18(27)22(23,24)25/h8-12,31H,3-7,26-27H2,1-2H3,(H,28,30)/b14-8-,18-9-. The van der Waals surface area contributed by atoms with Crippen LogP contribution in [-0.2, 0) is 10.4 Å². The molecule has 1 saturated carbocycles. The molecule has 32 heavy (non-hydrogen) atoms. The number of anilines is 1. The first-order valence-electron chi connectivity index (χ1n) is 10.3. The lowest BCUT2D eigenvalue weighted by Gasteiger charge is -2.22. The molecule has 6 nitrogen and oxygen atoms in total. The van der Waals surface area contributed by atoms with Gasteiger partial charge in [-0.25, -0.2) is 4.98 Å². The molecule has 1 aromatic carbocycles. The number of benzene rings is 1. The van der Waals surface area contributed by atoms with Crippen molar-refractivity contribution in [3.05, 3.63) is 46.2 Å². The van der Waals surface area contributed by atoms with Crippen molar-refractivity contribution >= 4 is 33.1 Å². The quantitative estimate of drug-likeness (QED) is 0.373. The Morgan fingerprint density at radius 2 is 1.84 bits per heavy atom. The molecule has 6 N–H and O–H groups in total. The third-order valence-corrected chi connectivity index (χ3v) is 6.62. The van der Waals surface area contributed by atoms with Crippen LogP contribution in [0.4, 0.5) is 18.9 Å². The summed E-state index contributed by atoms with van der Waals surface area (Å²) in [5.74, 6) is -0.396. The number of nitrogens with one attached hydrogen (secondary N) is 1. The zero-order valence-electron chi connectivity index (χ0n) is 17.9. The maximum absolute atomic E-state index is 12.5. The molecule has 0 atom stereocenters. The van der Waals surface area contributed by atoms with Crippen molar-refractivity contribution in [2.75, 3.05) is 5.32 Å². The lowest BCUT2D eigenvalue weighted by molar-refractivity contribution is -0.113. The van der Waals surface area contributed by atoms with Gasteiger partial charge in [0.05, 0.1) is 26.5 Å². The number of rotatable bonds is 5. The molecule has 0 aliphatic heterocycles. The van der Waals surface area contributed by atoms with Gasteiger partial charge in [-0.1, -0.05) is 19.3 Å². The first-order valence-corrected chi connectivity index (χ1v) is 11.2. The Balaban J connectivity index is 1.92. The number of thiazole rings is 1. The maximum Gasteiger partial charge on any atom is 0.430 e. The van der Waals surface area contributed by atoms with Crippen LogP contribution in [0, 0.1) is 0 Å². The van der Waals surface area contributed by atoms with Gasteiger partial charge < -0.3 is 21.9 Å². The van der Waals surface area contributed by atoms with Crippen LogP contribution in [-0.4, -0.2) is 22.2 Å². The highest BCUT2D eigenvalue weighted by molar-refractivity contribution is 7.18. The van der Waals surface area contributed by atoms with Crippen LogP contribution in [0.5, 0.6) is 0 Å². The first kappa shape index (κ1) is 24.1. The molecule has 0 radical (unpaired) electrons. The fourth-order valence-electron chi connectivity index (χ4n) is 3.67. The average Bonchev–Trinajstić information content (AvgIpc) is 3.13. The van der Waals surface area contributed by atoms with E-state index in [0.29, 0.717) is 23.2 Å². The number of allylic oxidation sites excluding steroid dienone is 3. The van der Waals surface area contributed by atoms with E-state index in [1.54, 1.807) is 37.3 Å². The minimum atomic E-state index is -4.71. The molecule has 1 aromatic heterocycles. The van der Waals surface area contributed by atoms with E-state index in [2.05, 4.69) is 5.32 Å². The molecule has 1 amide bonds. The number of fused-ring (bicyclic) bond motifs is 1. The van der Waals surface area contributed by atoms with E-state index in [-0.39, 0.29) is 0 Å². The van der Waals surface area contributed by atoms with E-state index in [0.717, 1.165) is 34.1 Å². The van der Waals surface area contributed by atoms with Gasteiger partial charge in [-0.3, -0.25) is 4.79 Å².